The summed E-state index contributed by atoms with van der Waals surface area (Å²) >= 11 is 0. The fourth-order valence-corrected chi connectivity index (χ4v) is 2.86. The van der Waals surface area contributed by atoms with Crippen molar-refractivity contribution in [3.05, 3.63) is 42.1 Å². The molecule has 144 valence electrons. The van der Waals surface area contributed by atoms with Gasteiger partial charge in [-0.15, -0.1) is 0 Å². The van der Waals surface area contributed by atoms with E-state index in [1.54, 1.807) is 18.2 Å². The molecule has 28 heavy (non-hydrogen) atoms. The van der Waals surface area contributed by atoms with Crippen LogP contribution in [0.25, 0.3) is 11.4 Å². The zero-order valence-corrected chi connectivity index (χ0v) is 15.2. The normalized spacial score (nSPS) is 15.8. The summed E-state index contributed by atoms with van der Waals surface area (Å²) < 4.78 is 0. The molecule has 2 N–H and O–H groups in total. The van der Waals surface area contributed by atoms with Gasteiger partial charge in [0, 0.05) is 38.6 Å². The lowest BCUT2D eigenvalue weighted by atomic mass is 10.2. The summed E-state index contributed by atoms with van der Waals surface area (Å²) in [6.07, 6.45) is 4.39. The molecule has 2 amide bonds. The predicted octanol–water partition coefficient (Wildman–Crippen LogP) is 0.295. The Morgan fingerprint density at radius 2 is 2.04 bits per heavy atom. The molecular weight excluding hydrogens is 362 g/mol. The van der Waals surface area contributed by atoms with Gasteiger partial charge < -0.3 is 15.0 Å². The summed E-state index contributed by atoms with van der Waals surface area (Å²) in [5.41, 5.74) is 0.908. The van der Waals surface area contributed by atoms with Crippen LogP contribution in [0.15, 0.2) is 41.8 Å². The van der Waals surface area contributed by atoms with Crippen molar-refractivity contribution >= 4 is 17.8 Å². The van der Waals surface area contributed by atoms with Gasteiger partial charge in [0.25, 0.3) is 0 Å². The van der Waals surface area contributed by atoms with E-state index in [0.29, 0.717) is 28.5 Å². The summed E-state index contributed by atoms with van der Waals surface area (Å²) in [4.78, 5) is 33.4. The Morgan fingerprint density at radius 3 is 2.79 bits per heavy atom. The van der Waals surface area contributed by atoms with E-state index in [2.05, 4.69) is 42.3 Å². The monoisotopic (exact) mass is 381 g/mol. The van der Waals surface area contributed by atoms with Gasteiger partial charge in [0.1, 0.15) is 5.69 Å². The Balaban J connectivity index is 1.59. The van der Waals surface area contributed by atoms with E-state index in [4.69, 9.17) is 0 Å². The molecule has 4 rings (SSSR count). The molecule has 2 aliphatic heterocycles. The lowest BCUT2D eigenvalue weighted by molar-refractivity contribution is 0.147. The van der Waals surface area contributed by atoms with E-state index in [1.807, 2.05) is 4.90 Å². The van der Waals surface area contributed by atoms with E-state index in [0.717, 1.165) is 31.0 Å². The van der Waals surface area contributed by atoms with Crippen LogP contribution < -0.4 is 15.6 Å². The lowest BCUT2D eigenvalue weighted by Gasteiger charge is -2.32. The number of hydrogen-bond donors (Lipinski definition) is 2. The zero-order chi connectivity index (χ0) is 19.5. The van der Waals surface area contributed by atoms with Gasteiger partial charge in [-0.1, -0.05) is 9.94 Å². The van der Waals surface area contributed by atoms with Gasteiger partial charge >= 0.3 is 6.03 Å². The molecule has 1 saturated heterocycles. The minimum Gasteiger partial charge on any atom is -0.411 e. The second-order valence-electron chi connectivity index (χ2n) is 6.40. The number of urea groups is 1. The third-order valence-corrected chi connectivity index (χ3v) is 4.39. The van der Waals surface area contributed by atoms with Crippen molar-refractivity contribution in [1.82, 2.24) is 29.8 Å². The third-order valence-electron chi connectivity index (χ3n) is 4.39. The van der Waals surface area contributed by atoms with Gasteiger partial charge in [0.05, 0.1) is 17.2 Å². The lowest BCUT2D eigenvalue weighted by Crippen LogP contribution is -2.45. The standard InChI is InChI=1S/C17H19N9O2/c1-24-6-8-25(9-7-24)16-21-13-3-2-12(10-14(13)26(28)23-16)20-17(27)22-15-11-18-4-5-19-15/h2-5,10-11,28H,6-9H2,1H3,(H,19,22,27)/b20-12+. The zero-order valence-electron chi connectivity index (χ0n) is 15.2. The second-order valence-corrected chi connectivity index (χ2v) is 6.40. The van der Waals surface area contributed by atoms with Gasteiger partial charge in [0.15, 0.2) is 5.82 Å². The molecule has 0 aromatic carbocycles. The Bertz CT molecular complexity index is 1010. The number of piperazine rings is 1. The largest absolute Gasteiger partial charge is 0.411 e. The molecular formula is C17H19N9O2. The molecule has 3 heterocycles. The molecule has 1 aromatic rings. The Hall–Kier alpha value is -3.60. The number of fused-ring (bicyclic) bond motifs is 1. The van der Waals surface area contributed by atoms with Crippen molar-refractivity contribution in [2.75, 3.05) is 43.4 Å². The quantitative estimate of drug-likeness (QED) is 0.607. The van der Waals surface area contributed by atoms with E-state index >= 15 is 0 Å². The van der Waals surface area contributed by atoms with E-state index in [1.165, 1.54) is 18.6 Å². The second kappa shape index (κ2) is 7.56. The minimum absolute atomic E-state index is 0.300. The van der Waals surface area contributed by atoms with Crippen molar-refractivity contribution < 1.29 is 10.0 Å². The fraction of sp³-hybridized carbons (Fsp3) is 0.294. The molecule has 3 aliphatic rings. The first kappa shape index (κ1) is 17.8. The van der Waals surface area contributed by atoms with Gasteiger partial charge in [-0.3, -0.25) is 10.3 Å². The average molecular weight is 381 g/mol. The molecule has 0 unspecified atom stereocenters. The van der Waals surface area contributed by atoms with Crippen molar-refractivity contribution in [3.8, 4) is 11.4 Å². The molecule has 1 fully saturated rings. The van der Waals surface area contributed by atoms with Crippen LogP contribution in [0.1, 0.15) is 0 Å². The maximum absolute atomic E-state index is 12.0. The highest BCUT2D eigenvalue weighted by Crippen LogP contribution is 2.19. The molecule has 11 heteroatoms. The maximum atomic E-state index is 12.0. The van der Waals surface area contributed by atoms with Crippen LogP contribution in [0, 0.1) is 0 Å². The molecule has 0 atom stereocenters. The average Bonchev–Trinajstić information content (AvgIpc) is 2.69. The SMILES string of the molecule is CN1CCN(c2nc3cc/c(=N\C(=O)Nc4cnccn4)cc-3n(O)n2)CC1. The number of likely N-dealkylation sites (N-methyl/N-ethyl adjacent to an activating group) is 1. The maximum Gasteiger partial charge on any atom is 0.347 e. The highest BCUT2D eigenvalue weighted by Gasteiger charge is 2.20. The van der Waals surface area contributed by atoms with E-state index in [-0.39, 0.29) is 0 Å². The van der Waals surface area contributed by atoms with E-state index < -0.39 is 6.03 Å². The molecule has 0 spiro atoms. The summed E-state index contributed by atoms with van der Waals surface area (Å²) in [6.45, 7) is 3.40. The number of aromatic nitrogens is 5. The van der Waals surface area contributed by atoms with Crippen molar-refractivity contribution in [2.24, 2.45) is 4.99 Å². The number of carbonyl (C=O) groups is 1. The minimum atomic E-state index is -0.598. The first-order valence-corrected chi connectivity index (χ1v) is 8.74. The number of nitrogens with one attached hydrogen (secondary N) is 1. The molecule has 1 aliphatic carbocycles. The number of rotatable bonds is 2. The Kier molecular flexibility index (Phi) is 4.81. The number of nitrogens with zero attached hydrogens (tertiary/aromatic N) is 8. The number of anilines is 2. The summed E-state index contributed by atoms with van der Waals surface area (Å²) in [6, 6.07) is 4.29. The van der Waals surface area contributed by atoms with Gasteiger partial charge in [-0.25, -0.2) is 14.8 Å². The third kappa shape index (κ3) is 3.88. The summed E-state index contributed by atoms with van der Waals surface area (Å²) in [5, 5.41) is 17.3. The number of amides is 2. The van der Waals surface area contributed by atoms with Crippen LogP contribution >= 0.6 is 0 Å². The van der Waals surface area contributed by atoms with Gasteiger partial charge in [-0.2, -0.15) is 4.99 Å². The van der Waals surface area contributed by atoms with Gasteiger partial charge in [-0.05, 0) is 25.2 Å². The Morgan fingerprint density at radius 1 is 1.21 bits per heavy atom. The Labute approximate surface area is 160 Å². The van der Waals surface area contributed by atoms with Crippen molar-refractivity contribution in [1.29, 1.82) is 0 Å². The van der Waals surface area contributed by atoms with Crippen LogP contribution in [0.4, 0.5) is 16.6 Å². The predicted molar refractivity (Wildman–Crippen MR) is 100 cm³/mol. The van der Waals surface area contributed by atoms with Crippen LogP contribution in [0.5, 0.6) is 0 Å². The number of hydrogen-bond acceptors (Lipinski definition) is 8. The van der Waals surface area contributed by atoms with Crippen LogP contribution in [0.3, 0.4) is 0 Å². The molecule has 0 bridgehead atoms. The topological polar surface area (TPSA) is 125 Å². The summed E-state index contributed by atoms with van der Waals surface area (Å²) in [7, 11) is 2.07. The van der Waals surface area contributed by atoms with Crippen molar-refractivity contribution in [2.45, 2.75) is 0 Å². The van der Waals surface area contributed by atoms with Crippen LogP contribution in [-0.2, 0) is 0 Å². The smallest absolute Gasteiger partial charge is 0.347 e. The van der Waals surface area contributed by atoms with Crippen LogP contribution in [0.2, 0.25) is 0 Å². The molecule has 0 saturated carbocycles. The highest BCUT2D eigenvalue weighted by molar-refractivity contribution is 5.88. The fourth-order valence-electron chi connectivity index (χ4n) is 2.86. The number of carbonyl (C=O) groups excluding carboxylic acids is 1. The first-order valence-electron chi connectivity index (χ1n) is 8.74. The highest BCUT2D eigenvalue weighted by atomic mass is 16.5. The molecule has 11 nitrogen and oxygen atoms in total. The van der Waals surface area contributed by atoms with Crippen LogP contribution in [-0.4, -0.2) is 74.3 Å². The van der Waals surface area contributed by atoms with E-state index in [9.17, 15) is 10.0 Å². The van der Waals surface area contributed by atoms with Gasteiger partial charge in [0.2, 0.25) is 5.95 Å². The summed E-state index contributed by atoms with van der Waals surface area (Å²) in [5.74, 6) is 0.766. The number of benzene rings is 1. The molecule has 1 aromatic heterocycles. The first-order chi connectivity index (χ1) is 13.6. The molecule has 0 radical (unpaired) electrons. The van der Waals surface area contributed by atoms with Crippen molar-refractivity contribution in [3.63, 3.8) is 0 Å².